The molecule has 0 amide bonds. The molecule has 0 saturated carbocycles. The molecule has 0 fully saturated rings. The standard InChI is InChI=1S/C19H21.C6H5.C5H5.C2H4.2ClH.Ti/c1-12(2)14-5-7-16-9-17-8-6-15(13(3)4)11-19(17)18(16)10-14;1-2-4-6-5-3-1;1-2-4-5-3-1;1-2;;;/h5-7,10-13H,9H2,1-4H3;1-5H;1-3H,4H2;1H,2H3;2*1H;/q3*-1;;;;. The minimum atomic E-state index is 0. The van der Waals surface area contributed by atoms with Gasteiger partial charge in [0.1, 0.15) is 0 Å². The average Bonchev–Trinajstić information content (AvgIpc) is 3.52. The van der Waals surface area contributed by atoms with Crippen LogP contribution >= 0.6 is 24.8 Å². The minimum Gasteiger partial charge on any atom is -0.273 e. The number of hydrogen-bond acceptors (Lipinski definition) is 0. The van der Waals surface area contributed by atoms with Crippen LogP contribution in [0.2, 0.25) is 0 Å². The van der Waals surface area contributed by atoms with Crippen LogP contribution in [0.4, 0.5) is 0 Å². The van der Waals surface area contributed by atoms with Crippen LogP contribution < -0.4 is 0 Å². The van der Waals surface area contributed by atoms with Crippen molar-refractivity contribution in [1.29, 1.82) is 0 Å². The fourth-order valence-corrected chi connectivity index (χ4v) is 3.49. The fourth-order valence-electron chi connectivity index (χ4n) is 3.49. The van der Waals surface area contributed by atoms with Crippen molar-refractivity contribution in [3.8, 4) is 11.1 Å². The topological polar surface area (TPSA) is 0 Å². The predicted octanol–water partition coefficient (Wildman–Crippen LogP) is 9.30. The first-order chi connectivity index (χ1) is 16.0. The van der Waals surface area contributed by atoms with E-state index in [1.807, 2.05) is 73.7 Å². The Morgan fingerprint density at radius 2 is 1.51 bits per heavy atom. The molecular formula is C32H37Cl2Ti-3. The summed E-state index contributed by atoms with van der Waals surface area (Å²) in [5.74, 6) is 1.16. The van der Waals surface area contributed by atoms with Crippen molar-refractivity contribution in [2.45, 2.75) is 59.3 Å². The number of hydrogen-bond donors (Lipinski definition) is 0. The maximum Gasteiger partial charge on any atom is -0.109 e. The molecule has 3 aromatic rings. The molecule has 0 nitrogen and oxygen atoms in total. The smallest absolute Gasteiger partial charge is 0.109 e. The van der Waals surface area contributed by atoms with E-state index in [1.54, 1.807) is 0 Å². The Morgan fingerprint density at radius 3 is 1.94 bits per heavy atom. The first-order valence-corrected chi connectivity index (χ1v) is 12.6. The summed E-state index contributed by atoms with van der Waals surface area (Å²) in [6.07, 6.45) is 11.0. The molecule has 0 bridgehead atoms. The second-order valence-corrected chi connectivity index (χ2v) is 9.50. The second-order valence-electron chi connectivity index (χ2n) is 8.60. The van der Waals surface area contributed by atoms with Gasteiger partial charge in [0.25, 0.3) is 0 Å². The van der Waals surface area contributed by atoms with Crippen molar-refractivity contribution in [2.75, 3.05) is 0 Å². The van der Waals surface area contributed by atoms with E-state index in [-0.39, 0.29) is 24.8 Å². The number of halogens is 2. The number of allylic oxidation sites excluding steroid dienone is 4. The van der Waals surface area contributed by atoms with Crippen molar-refractivity contribution < 1.29 is 20.0 Å². The molecule has 0 unspecified atom stereocenters. The largest absolute Gasteiger partial charge is 0.273 e. The van der Waals surface area contributed by atoms with Crippen LogP contribution in [-0.2, 0) is 26.4 Å². The molecule has 3 aromatic carbocycles. The van der Waals surface area contributed by atoms with Crippen LogP contribution in [0.15, 0.2) is 78.9 Å². The van der Waals surface area contributed by atoms with Crippen molar-refractivity contribution in [3.05, 3.63) is 119 Å². The summed E-state index contributed by atoms with van der Waals surface area (Å²) in [6, 6.07) is 27.5. The zero-order chi connectivity index (χ0) is 24.1. The van der Waals surface area contributed by atoms with Crippen LogP contribution in [0.3, 0.4) is 0 Å². The molecular weight excluding hydrogens is 503 g/mol. The normalized spacial score (nSPS) is 11.3. The summed E-state index contributed by atoms with van der Waals surface area (Å²) in [6.45, 7) is 11.0. The molecule has 0 aromatic heterocycles. The minimum absolute atomic E-state index is 0. The van der Waals surface area contributed by atoms with E-state index in [0.29, 0.717) is 11.8 Å². The molecule has 2 aliphatic rings. The summed E-state index contributed by atoms with van der Waals surface area (Å²) in [5, 5.41) is 0. The third kappa shape index (κ3) is 11.3. The molecule has 0 radical (unpaired) electrons. The number of fused-ring (bicyclic) bond motifs is 3. The third-order valence-corrected chi connectivity index (χ3v) is 5.37. The monoisotopic (exact) mass is 539 g/mol. The van der Waals surface area contributed by atoms with Gasteiger partial charge in [-0.2, -0.15) is 71.8 Å². The zero-order valence-electron chi connectivity index (χ0n) is 21.5. The third-order valence-electron chi connectivity index (χ3n) is 5.37. The van der Waals surface area contributed by atoms with Gasteiger partial charge < -0.3 is 0 Å². The Morgan fingerprint density at radius 1 is 0.886 bits per heavy atom. The van der Waals surface area contributed by atoms with E-state index in [0.717, 1.165) is 12.8 Å². The van der Waals surface area contributed by atoms with Crippen LogP contribution in [0, 0.1) is 18.2 Å². The van der Waals surface area contributed by atoms with Crippen molar-refractivity contribution in [1.82, 2.24) is 0 Å². The van der Waals surface area contributed by atoms with E-state index in [1.165, 1.54) is 33.4 Å². The molecule has 5 rings (SSSR count). The van der Waals surface area contributed by atoms with E-state index in [2.05, 4.69) is 82.3 Å². The van der Waals surface area contributed by atoms with E-state index in [4.69, 9.17) is 0 Å². The van der Waals surface area contributed by atoms with Gasteiger partial charge in [-0.3, -0.25) is 6.08 Å². The first-order valence-electron chi connectivity index (χ1n) is 11.7. The molecule has 0 atom stereocenters. The van der Waals surface area contributed by atoms with Gasteiger partial charge in [0, 0.05) is 0 Å². The average molecular weight is 540 g/mol. The molecule has 0 N–H and O–H groups in total. The maximum absolute atomic E-state index is 3.49. The Labute approximate surface area is 237 Å². The van der Waals surface area contributed by atoms with Gasteiger partial charge in [0.15, 0.2) is 0 Å². The molecule has 0 spiro atoms. The Bertz CT molecular complexity index is 958. The number of benzene rings is 3. The summed E-state index contributed by atoms with van der Waals surface area (Å²) in [5.41, 5.74) is 8.48. The molecule has 186 valence electrons. The van der Waals surface area contributed by atoms with Gasteiger partial charge >= 0.3 is 31.2 Å². The Balaban J connectivity index is 0.000000595. The fraction of sp³-hybridized carbons (Fsp3) is 0.281. The molecule has 0 aliphatic heterocycles. The molecule has 3 heteroatoms. The number of rotatable bonds is 2. The van der Waals surface area contributed by atoms with Gasteiger partial charge in [-0.25, -0.2) is 12.2 Å². The van der Waals surface area contributed by atoms with Crippen LogP contribution in [0.5, 0.6) is 0 Å². The van der Waals surface area contributed by atoms with Gasteiger partial charge in [-0.1, -0.05) is 62.9 Å². The Hall–Kier alpha value is -1.70. The van der Waals surface area contributed by atoms with E-state index in [9.17, 15) is 0 Å². The summed E-state index contributed by atoms with van der Waals surface area (Å²) >= 11 is 2.00. The summed E-state index contributed by atoms with van der Waals surface area (Å²) in [7, 11) is 0. The molecule has 0 saturated heterocycles. The van der Waals surface area contributed by atoms with Crippen molar-refractivity contribution >= 4 is 29.1 Å². The maximum atomic E-state index is 3.49. The van der Waals surface area contributed by atoms with Gasteiger partial charge in [0.05, 0.1) is 0 Å². The first kappa shape index (κ1) is 33.3. The van der Waals surface area contributed by atoms with E-state index >= 15 is 0 Å². The summed E-state index contributed by atoms with van der Waals surface area (Å²) in [4.78, 5) is 0. The Kier molecular flexibility index (Phi) is 17.7. The summed E-state index contributed by atoms with van der Waals surface area (Å²) < 4.78 is 2.00. The molecule has 2 aliphatic carbocycles. The van der Waals surface area contributed by atoms with Gasteiger partial charge in [0.2, 0.25) is 0 Å². The van der Waals surface area contributed by atoms with Crippen molar-refractivity contribution in [3.63, 3.8) is 0 Å². The van der Waals surface area contributed by atoms with Crippen LogP contribution in [0.25, 0.3) is 11.1 Å². The zero-order valence-corrected chi connectivity index (χ0v) is 24.7. The van der Waals surface area contributed by atoms with Crippen molar-refractivity contribution in [2.24, 2.45) is 0 Å². The van der Waals surface area contributed by atoms with Crippen LogP contribution in [0.1, 0.15) is 75.1 Å². The van der Waals surface area contributed by atoms with Crippen LogP contribution in [-0.4, -0.2) is 4.31 Å². The predicted molar refractivity (Wildman–Crippen MR) is 155 cm³/mol. The molecule has 35 heavy (non-hydrogen) atoms. The second kappa shape index (κ2) is 18.6. The van der Waals surface area contributed by atoms with Gasteiger partial charge in [-0.15, -0.1) is 36.8 Å². The molecule has 0 heterocycles. The SMILES string of the molecule is CC(C)c1c[c-]c2c(c1)-c1cc(C(C)C)ccc1C2.C[CH]=[Ti].Cl.Cl.[C-]1=CC=CC1.[c-]1ccccc1. The van der Waals surface area contributed by atoms with E-state index < -0.39 is 0 Å². The quantitative estimate of drug-likeness (QED) is 0.176. The van der Waals surface area contributed by atoms with Gasteiger partial charge in [-0.05, 0) is 17.9 Å².